The number of anilines is 1. The molecule has 5 aromatic rings. The van der Waals surface area contributed by atoms with Gasteiger partial charge in [-0.05, 0) is 42.8 Å². The van der Waals surface area contributed by atoms with Crippen LogP contribution in [0.4, 0.5) is 5.69 Å². The molecule has 2 amide bonds. The first-order chi connectivity index (χ1) is 16.9. The Labute approximate surface area is 219 Å². The summed E-state index contributed by atoms with van der Waals surface area (Å²) in [5.74, 6) is -0.548. The van der Waals surface area contributed by atoms with Gasteiger partial charge in [0, 0.05) is 36.3 Å². The Morgan fingerprint density at radius 2 is 1.66 bits per heavy atom. The van der Waals surface area contributed by atoms with Crippen LogP contribution in [0.15, 0.2) is 77.2 Å². The fourth-order valence-electron chi connectivity index (χ4n) is 3.58. The van der Waals surface area contributed by atoms with Gasteiger partial charge in [0.05, 0.1) is 16.3 Å². The Morgan fingerprint density at radius 1 is 0.886 bits per heavy atom. The number of nitrogens with zero attached hydrogens (tertiary/aromatic N) is 1. The molecule has 0 aliphatic heterocycles. The van der Waals surface area contributed by atoms with Crippen molar-refractivity contribution in [1.29, 1.82) is 0 Å². The average Bonchev–Trinajstić information content (AvgIpc) is 3.44. The zero-order valence-electron chi connectivity index (χ0n) is 18.3. The van der Waals surface area contributed by atoms with E-state index in [4.69, 9.17) is 23.2 Å². The third-order valence-electron chi connectivity index (χ3n) is 5.41. The van der Waals surface area contributed by atoms with Gasteiger partial charge in [-0.3, -0.25) is 9.59 Å². The summed E-state index contributed by atoms with van der Waals surface area (Å²) in [6, 6.07) is 20.4. The fraction of sp³-hybridized carbons (Fsp3) is 0.0385. The van der Waals surface area contributed by atoms with Crippen molar-refractivity contribution in [2.24, 2.45) is 5.10 Å². The first kappa shape index (κ1) is 23.5. The molecule has 0 spiro atoms. The second kappa shape index (κ2) is 9.79. The van der Waals surface area contributed by atoms with Crippen LogP contribution in [0.1, 0.15) is 32.5 Å². The molecule has 0 fully saturated rings. The Kier molecular flexibility index (Phi) is 6.58. The minimum absolute atomic E-state index is 0.158. The zero-order chi connectivity index (χ0) is 24.5. The molecule has 2 N–H and O–H groups in total. The third kappa shape index (κ3) is 4.81. The quantitative estimate of drug-likeness (QED) is 0.177. The molecule has 2 heterocycles. The number of amides is 2. The first-order valence-corrected chi connectivity index (χ1v) is 13.0. The molecule has 0 aliphatic carbocycles. The van der Waals surface area contributed by atoms with Gasteiger partial charge < -0.3 is 5.32 Å². The second-order valence-electron chi connectivity index (χ2n) is 7.70. The molecule has 0 bridgehead atoms. The number of benzene rings is 3. The van der Waals surface area contributed by atoms with E-state index in [0.717, 1.165) is 25.7 Å². The molecule has 0 unspecified atom stereocenters. The number of thiophene rings is 2. The topological polar surface area (TPSA) is 70.6 Å². The molecular weight excluding hydrogens is 521 g/mol. The van der Waals surface area contributed by atoms with Gasteiger partial charge in [-0.25, -0.2) is 5.43 Å². The predicted octanol–water partition coefficient (Wildman–Crippen LogP) is 7.83. The normalized spacial score (nSPS) is 11.7. The van der Waals surface area contributed by atoms with Crippen LogP contribution in [0.5, 0.6) is 0 Å². The number of rotatable bonds is 5. The van der Waals surface area contributed by atoms with Gasteiger partial charge in [0.25, 0.3) is 11.8 Å². The summed E-state index contributed by atoms with van der Waals surface area (Å²) in [6.45, 7) is 1.79. The van der Waals surface area contributed by atoms with Gasteiger partial charge in [0.2, 0.25) is 0 Å². The minimum atomic E-state index is -0.390. The van der Waals surface area contributed by atoms with Crippen LogP contribution in [-0.4, -0.2) is 17.5 Å². The number of carbonyl (C=O) groups excluding carboxylic acids is 2. The van der Waals surface area contributed by atoms with Crippen LogP contribution in [0.25, 0.3) is 20.2 Å². The fourth-order valence-corrected chi connectivity index (χ4v) is 6.21. The van der Waals surface area contributed by atoms with E-state index in [-0.39, 0.29) is 5.91 Å². The maximum atomic E-state index is 12.7. The van der Waals surface area contributed by atoms with Crippen molar-refractivity contribution < 1.29 is 9.59 Å². The summed E-state index contributed by atoms with van der Waals surface area (Å²) in [5, 5.41) is 11.7. The number of hydrazone groups is 1. The Bertz CT molecular complexity index is 1620. The van der Waals surface area contributed by atoms with Gasteiger partial charge in [0.1, 0.15) is 4.88 Å². The van der Waals surface area contributed by atoms with Crippen molar-refractivity contribution >= 4 is 89.3 Å². The molecule has 3 aromatic carbocycles. The van der Waals surface area contributed by atoms with Crippen molar-refractivity contribution in [2.45, 2.75) is 6.92 Å². The maximum absolute atomic E-state index is 12.7. The van der Waals surface area contributed by atoms with Crippen LogP contribution in [-0.2, 0) is 0 Å². The number of nitrogens with one attached hydrogen (secondary N) is 2. The summed E-state index contributed by atoms with van der Waals surface area (Å²) >= 11 is 15.2. The SMILES string of the molecule is CC(=NNC(=O)c1sc2cc(Cl)ccc2c1Cl)c1ccc(NC(=O)c2csc3ccccc23)cc1. The first-order valence-electron chi connectivity index (χ1n) is 10.5. The summed E-state index contributed by atoms with van der Waals surface area (Å²) in [4.78, 5) is 25.8. The van der Waals surface area contributed by atoms with Gasteiger partial charge in [-0.2, -0.15) is 5.10 Å². The van der Waals surface area contributed by atoms with Crippen molar-refractivity contribution in [3.63, 3.8) is 0 Å². The maximum Gasteiger partial charge on any atom is 0.283 e. The molecule has 0 saturated carbocycles. The molecule has 174 valence electrons. The number of hydrogen-bond acceptors (Lipinski definition) is 5. The molecule has 0 saturated heterocycles. The molecule has 2 aromatic heterocycles. The van der Waals surface area contributed by atoms with Gasteiger partial charge >= 0.3 is 0 Å². The van der Waals surface area contributed by atoms with E-state index in [2.05, 4.69) is 15.8 Å². The third-order valence-corrected chi connectivity index (χ3v) is 8.26. The highest BCUT2D eigenvalue weighted by Gasteiger charge is 2.17. The minimum Gasteiger partial charge on any atom is -0.322 e. The number of hydrogen-bond donors (Lipinski definition) is 2. The molecular formula is C26H17Cl2N3O2S2. The molecule has 35 heavy (non-hydrogen) atoms. The smallest absolute Gasteiger partial charge is 0.283 e. The lowest BCUT2D eigenvalue weighted by Gasteiger charge is -2.07. The van der Waals surface area contributed by atoms with Gasteiger partial charge in [0.15, 0.2) is 0 Å². The van der Waals surface area contributed by atoms with Crippen LogP contribution in [0, 0.1) is 0 Å². The average molecular weight is 538 g/mol. The Morgan fingerprint density at radius 3 is 2.46 bits per heavy atom. The van der Waals surface area contributed by atoms with Crippen molar-refractivity contribution in [3.05, 3.63) is 98.2 Å². The lowest BCUT2D eigenvalue weighted by atomic mass is 10.1. The van der Waals surface area contributed by atoms with Crippen LogP contribution < -0.4 is 10.7 Å². The Hall–Kier alpha value is -3.23. The summed E-state index contributed by atoms with van der Waals surface area (Å²) in [7, 11) is 0. The molecule has 0 atom stereocenters. The second-order valence-corrected chi connectivity index (χ2v) is 10.5. The highest BCUT2D eigenvalue weighted by Crippen LogP contribution is 2.36. The zero-order valence-corrected chi connectivity index (χ0v) is 21.4. The lowest BCUT2D eigenvalue weighted by Crippen LogP contribution is -2.18. The van der Waals surface area contributed by atoms with E-state index in [1.165, 1.54) is 11.3 Å². The molecule has 0 radical (unpaired) electrons. The van der Waals surface area contributed by atoms with Crippen LogP contribution in [0.2, 0.25) is 10.0 Å². The highest BCUT2D eigenvalue weighted by atomic mass is 35.5. The highest BCUT2D eigenvalue weighted by molar-refractivity contribution is 7.21. The molecule has 0 aliphatic rings. The number of carbonyl (C=O) groups is 2. The van der Waals surface area contributed by atoms with Crippen LogP contribution in [0.3, 0.4) is 0 Å². The standard InChI is InChI=1S/C26H17Cl2N3O2S2/c1-14(30-31-26(33)24-23(28)19-11-8-16(27)12-22(19)35-24)15-6-9-17(10-7-15)29-25(32)20-13-34-21-5-3-2-4-18(20)21/h2-13H,1H3,(H,29,32)(H,31,33). The van der Waals surface area contributed by atoms with E-state index >= 15 is 0 Å². The Balaban J connectivity index is 1.27. The van der Waals surface area contributed by atoms with E-state index in [1.54, 1.807) is 48.6 Å². The van der Waals surface area contributed by atoms with E-state index in [1.807, 2.05) is 41.8 Å². The van der Waals surface area contributed by atoms with E-state index < -0.39 is 5.91 Å². The largest absolute Gasteiger partial charge is 0.322 e. The number of halogens is 2. The predicted molar refractivity (Wildman–Crippen MR) is 148 cm³/mol. The van der Waals surface area contributed by atoms with Crippen molar-refractivity contribution in [2.75, 3.05) is 5.32 Å². The summed E-state index contributed by atoms with van der Waals surface area (Å²) in [6.07, 6.45) is 0. The number of fused-ring (bicyclic) bond motifs is 2. The van der Waals surface area contributed by atoms with E-state index in [0.29, 0.717) is 31.9 Å². The van der Waals surface area contributed by atoms with E-state index in [9.17, 15) is 9.59 Å². The van der Waals surface area contributed by atoms with Crippen LogP contribution >= 0.6 is 45.9 Å². The van der Waals surface area contributed by atoms with Crippen molar-refractivity contribution in [3.8, 4) is 0 Å². The van der Waals surface area contributed by atoms with Gasteiger partial charge in [-0.15, -0.1) is 22.7 Å². The summed E-state index contributed by atoms with van der Waals surface area (Å²) in [5.41, 5.74) is 5.30. The van der Waals surface area contributed by atoms with Crippen molar-refractivity contribution in [1.82, 2.24) is 5.43 Å². The summed E-state index contributed by atoms with van der Waals surface area (Å²) < 4.78 is 1.91. The molecule has 5 rings (SSSR count). The van der Waals surface area contributed by atoms with Gasteiger partial charge in [-0.1, -0.05) is 59.6 Å². The lowest BCUT2D eigenvalue weighted by molar-refractivity contribution is 0.0958. The molecule has 9 heteroatoms. The molecule has 5 nitrogen and oxygen atoms in total. The monoisotopic (exact) mass is 537 g/mol.